The van der Waals surface area contributed by atoms with E-state index in [0.717, 1.165) is 15.7 Å². The van der Waals surface area contributed by atoms with Crippen molar-refractivity contribution in [3.8, 4) is 6.07 Å². The number of halogens is 1. The number of nitrogens with one attached hydrogen (secondary N) is 1. The highest BCUT2D eigenvalue weighted by atomic mass is 79.9. The molecule has 96 valence electrons. The number of rotatable bonds is 3. The van der Waals surface area contributed by atoms with Crippen LogP contribution in [0.2, 0.25) is 0 Å². The summed E-state index contributed by atoms with van der Waals surface area (Å²) in [5.74, 6) is 0.634. The lowest BCUT2D eigenvalue weighted by atomic mass is 10.1. The molecule has 1 unspecified atom stereocenters. The van der Waals surface area contributed by atoms with Gasteiger partial charge in [0.25, 0.3) is 0 Å². The lowest BCUT2D eigenvalue weighted by Crippen LogP contribution is -2.09. The van der Waals surface area contributed by atoms with Gasteiger partial charge in [-0.2, -0.15) is 5.26 Å². The zero-order valence-electron chi connectivity index (χ0n) is 10.8. The maximum absolute atomic E-state index is 9.10. The number of benzene rings is 1. The second-order valence-corrected chi connectivity index (χ2v) is 5.30. The summed E-state index contributed by atoms with van der Waals surface area (Å²) in [6, 6.07) is 14.0. The largest absolute Gasteiger partial charge is 0.362 e. The third kappa shape index (κ3) is 3.33. The van der Waals surface area contributed by atoms with Gasteiger partial charge in [-0.3, -0.25) is 0 Å². The standard InChI is InChI=1S/C15H14BrN3/c1-10-6-7-13(9-17)15(18-10)19-11(2)12-4-3-5-14(16)8-12/h3-8,11H,1-2H3,(H,18,19). The van der Waals surface area contributed by atoms with E-state index in [-0.39, 0.29) is 6.04 Å². The molecule has 1 heterocycles. The molecule has 0 aliphatic carbocycles. The minimum absolute atomic E-state index is 0.0823. The first-order valence-corrected chi connectivity index (χ1v) is 6.79. The van der Waals surface area contributed by atoms with E-state index in [4.69, 9.17) is 5.26 Å². The quantitative estimate of drug-likeness (QED) is 0.923. The van der Waals surface area contributed by atoms with Gasteiger partial charge in [0, 0.05) is 10.2 Å². The Labute approximate surface area is 121 Å². The van der Waals surface area contributed by atoms with Gasteiger partial charge in [0.15, 0.2) is 0 Å². The number of hydrogen-bond acceptors (Lipinski definition) is 3. The molecule has 19 heavy (non-hydrogen) atoms. The summed E-state index contributed by atoms with van der Waals surface area (Å²) in [6.45, 7) is 3.96. The van der Waals surface area contributed by atoms with Crippen LogP contribution < -0.4 is 5.32 Å². The number of hydrogen-bond donors (Lipinski definition) is 1. The SMILES string of the molecule is Cc1ccc(C#N)c(NC(C)c2cccc(Br)c2)n1. The van der Waals surface area contributed by atoms with Gasteiger partial charge in [-0.1, -0.05) is 28.1 Å². The predicted octanol–water partition coefficient (Wildman–Crippen LogP) is 4.20. The Morgan fingerprint density at radius 1 is 1.32 bits per heavy atom. The molecule has 1 atom stereocenters. The van der Waals surface area contributed by atoms with Crippen LogP contribution in [0, 0.1) is 18.3 Å². The summed E-state index contributed by atoms with van der Waals surface area (Å²) < 4.78 is 1.04. The Bertz CT molecular complexity index is 632. The highest BCUT2D eigenvalue weighted by Crippen LogP contribution is 2.23. The van der Waals surface area contributed by atoms with Gasteiger partial charge in [0.05, 0.1) is 11.6 Å². The molecular formula is C15H14BrN3. The zero-order chi connectivity index (χ0) is 13.8. The van der Waals surface area contributed by atoms with Crippen LogP contribution in [0.15, 0.2) is 40.9 Å². The van der Waals surface area contributed by atoms with Gasteiger partial charge in [0.1, 0.15) is 11.9 Å². The molecule has 0 spiro atoms. The van der Waals surface area contributed by atoms with Gasteiger partial charge >= 0.3 is 0 Å². The van der Waals surface area contributed by atoms with Crippen LogP contribution in [0.4, 0.5) is 5.82 Å². The van der Waals surface area contributed by atoms with E-state index in [2.05, 4.69) is 38.4 Å². The third-order valence-corrected chi connectivity index (χ3v) is 3.35. The molecule has 0 fully saturated rings. The molecule has 1 N–H and O–H groups in total. The van der Waals surface area contributed by atoms with Crippen molar-refractivity contribution in [1.29, 1.82) is 5.26 Å². The summed E-state index contributed by atoms with van der Waals surface area (Å²) in [7, 11) is 0. The maximum atomic E-state index is 9.10. The van der Waals surface area contributed by atoms with Gasteiger partial charge in [-0.15, -0.1) is 0 Å². The van der Waals surface area contributed by atoms with E-state index in [1.54, 1.807) is 6.07 Å². The summed E-state index contributed by atoms with van der Waals surface area (Å²) in [6.07, 6.45) is 0. The van der Waals surface area contributed by atoms with Crippen LogP contribution in [0.3, 0.4) is 0 Å². The molecule has 0 aliphatic rings. The van der Waals surface area contributed by atoms with Crippen molar-refractivity contribution in [1.82, 2.24) is 4.98 Å². The molecule has 0 saturated carbocycles. The van der Waals surface area contributed by atoms with E-state index >= 15 is 0 Å². The topological polar surface area (TPSA) is 48.7 Å². The second kappa shape index (κ2) is 5.85. The van der Waals surface area contributed by atoms with Crippen molar-refractivity contribution >= 4 is 21.7 Å². The minimum atomic E-state index is 0.0823. The number of pyridine rings is 1. The van der Waals surface area contributed by atoms with E-state index in [1.807, 2.05) is 38.1 Å². The molecule has 1 aromatic carbocycles. The van der Waals surface area contributed by atoms with E-state index in [1.165, 1.54) is 0 Å². The molecule has 4 heteroatoms. The summed E-state index contributed by atoms with van der Waals surface area (Å²) in [5.41, 5.74) is 2.59. The third-order valence-electron chi connectivity index (χ3n) is 2.86. The molecule has 0 saturated heterocycles. The van der Waals surface area contributed by atoms with Crippen molar-refractivity contribution in [2.75, 3.05) is 5.32 Å². The Hall–Kier alpha value is -1.86. The normalized spacial score (nSPS) is 11.7. The minimum Gasteiger partial charge on any atom is -0.362 e. The molecular weight excluding hydrogens is 302 g/mol. The average molecular weight is 316 g/mol. The lowest BCUT2D eigenvalue weighted by Gasteiger charge is -2.16. The Balaban J connectivity index is 2.26. The van der Waals surface area contributed by atoms with Crippen molar-refractivity contribution in [3.05, 3.63) is 57.7 Å². The van der Waals surface area contributed by atoms with Gasteiger partial charge in [-0.25, -0.2) is 4.98 Å². The first-order chi connectivity index (χ1) is 9.10. The van der Waals surface area contributed by atoms with Crippen molar-refractivity contribution in [3.63, 3.8) is 0 Å². The maximum Gasteiger partial charge on any atom is 0.144 e. The summed E-state index contributed by atoms with van der Waals surface area (Å²) in [4.78, 5) is 4.39. The molecule has 2 rings (SSSR count). The predicted molar refractivity (Wildman–Crippen MR) is 79.9 cm³/mol. The van der Waals surface area contributed by atoms with Crippen molar-refractivity contribution < 1.29 is 0 Å². The Morgan fingerprint density at radius 2 is 2.11 bits per heavy atom. The summed E-state index contributed by atoms with van der Waals surface area (Å²) >= 11 is 3.46. The first-order valence-electron chi connectivity index (χ1n) is 6.00. The van der Waals surface area contributed by atoms with Crippen LogP contribution >= 0.6 is 15.9 Å². The second-order valence-electron chi connectivity index (χ2n) is 4.38. The van der Waals surface area contributed by atoms with Gasteiger partial charge in [0.2, 0.25) is 0 Å². The van der Waals surface area contributed by atoms with Crippen LogP contribution in [0.5, 0.6) is 0 Å². The first kappa shape index (κ1) is 13.6. The van der Waals surface area contributed by atoms with E-state index < -0.39 is 0 Å². The molecule has 1 aromatic heterocycles. The highest BCUT2D eigenvalue weighted by molar-refractivity contribution is 9.10. The van der Waals surface area contributed by atoms with Crippen LogP contribution in [0.1, 0.15) is 29.8 Å². The molecule has 0 bridgehead atoms. The van der Waals surface area contributed by atoms with Crippen LogP contribution in [-0.4, -0.2) is 4.98 Å². The number of nitrogens with zero attached hydrogens (tertiary/aromatic N) is 2. The number of nitriles is 1. The molecule has 0 radical (unpaired) electrons. The van der Waals surface area contributed by atoms with E-state index in [0.29, 0.717) is 11.4 Å². The average Bonchev–Trinajstić information content (AvgIpc) is 2.39. The lowest BCUT2D eigenvalue weighted by molar-refractivity contribution is 0.870. The van der Waals surface area contributed by atoms with Gasteiger partial charge in [-0.05, 0) is 43.7 Å². The summed E-state index contributed by atoms with van der Waals surface area (Å²) in [5, 5.41) is 12.4. The Morgan fingerprint density at radius 3 is 2.79 bits per heavy atom. The van der Waals surface area contributed by atoms with Crippen molar-refractivity contribution in [2.45, 2.75) is 19.9 Å². The Kier molecular flexibility index (Phi) is 4.18. The monoisotopic (exact) mass is 315 g/mol. The fraction of sp³-hybridized carbons (Fsp3) is 0.200. The fourth-order valence-corrected chi connectivity index (χ4v) is 2.24. The molecule has 3 nitrogen and oxygen atoms in total. The number of aromatic nitrogens is 1. The van der Waals surface area contributed by atoms with Gasteiger partial charge < -0.3 is 5.32 Å². The number of aryl methyl sites for hydroxylation is 1. The van der Waals surface area contributed by atoms with Crippen LogP contribution in [-0.2, 0) is 0 Å². The fourth-order valence-electron chi connectivity index (χ4n) is 1.82. The zero-order valence-corrected chi connectivity index (χ0v) is 12.4. The number of anilines is 1. The smallest absolute Gasteiger partial charge is 0.144 e. The van der Waals surface area contributed by atoms with Crippen molar-refractivity contribution in [2.24, 2.45) is 0 Å². The molecule has 0 amide bonds. The van der Waals surface area contributed by atoms with E-state index in [9.17, 15) is 0 Å². The molecule has 2 aromatic rings. The van der Waals surface area contributed by atoms with Crippen LogP contribution in [0.25, 0.3) is 0 Å². The highest BCUT2D eigenvalue weighted by Gasteiger charge is 2.10. The molecule has 0 aliphatic heterocycles.